The van der Waals surface area contributed by atoms with Crippen molar-refractivity contribution in [1.29, 1.82) is 0 Å². The van der Waals surface area contributed by atoms with Crippen LogP contribution in [0.25, 0.3) is 5.65 Å². The van der Waals surface area contributed by atoms with E-state index in [4.69, 9.17) is 4.74 Å². The van der Waals surface area contributed by atoms with E-state index in [1.165, 1.54) is 10.5 Å². The molecule has 0 saturated heterocycles. The first-order chi connectivity index (χ1) is 15.8. The number of rotatable bonds is 7. The highest BCUT2D eigenvalue weighted by atomic mass is 19.4. The molecular formula is C23H18F4N4O2. The summed E-state index contributed by atoms with van der Waals surface area (Å²) in [5.74, 6) is 0.535. The van der Waals surface area contributed by atoms with Gasteiger partial charge >= 0.3 is 6.18 Å². The molecule has 6 nitrogen and oxygen atoms in total. The second-order valence-corrected chi connectivity index (χ2v) is 6.98. The molecule has 2 N–H and O–H groups in total. The predicted octanol–water partition coefficient (Wildman–Crippen LogP) is 5.70. The fraction of sp³-hybridized carbons (Fsp3) is 0.130. The number of pyridine rings is 1. The maximum absolute atomic E-state index is 13.0. The molecule has 0 aliphatic heterocycles. The fourth-order valence-corrected chi connectivity index (χ4v) is 3.10. The molecule has 0 aliphatic rings. The Balaban J connectivity index is 1.43. The zero-order valence-electron chi connectivity index (χ0n) is 17.1. The van der Waals surface area contributed by atoms with Crippen molar-refractivity contribution >= 4 is 28.7 Å². The summed E-state index contributed by atoms with van der Waals surface area (Å²) in [7, 11) is 0. The number of aromatic nitrogens is 2. The number of nitrogens with one attached hydrogen (secondary N) is 2. The summed E-state index contributed by atoms with van der Waals surface area (Å²) in [6.07, 6.45) is -3.61. The molecule has 0 aliphatic carbocycles. The Morgan fingerprint density at radius 1 is 0.970 bits per heavy atom. The van der Waals surface area contributed by atoms with Gasteiger partial charge in [-0.1, -0.05) is 6.07 Å². The van der Waals surface area contributed by atoms with Crippen LogP contribution >= 0.6 is 0 Å². The molecule has 0 bridgehead atoms. The number of halogens is 4. The number of amides is 1. The molecule has 0 atom stereocenters. The van der Waals surface area contributed by atoms with Crippen molar-refractivity contribution in [1.82, 2.24) is 9.38 Å². The van der Waals surface area contributed by atoms with Gasteiger partial charge in [-0.05, 0) is 60.7 Å². The largest absolute Gasteiger partial charge is 0.491 e. The number of anilines is 3. The number of fused-ring (bicyclic) bond motifs is 1. The van der Waals surface area contributed by atoms with Gasteiger partial charge in [0.25, 0.3) is 5.91 Å². The Labute approximate surface area is 185 Å². The van der Waals surface area contributed by atoms with Crippen LogP contribution < -0.4 is 15.4 Å². The molecule has 0 fully saturated rings. The van der Waals surface area contributed by atoms with Crippen molar-refractivity contribution in [2.45, 2.75) is 6.18 Å². The van der Waals surface area contributed by atoms with E-state index in [0.29, 0.717) is 28.5 Å². The number of hydrogen-bond donors (Lipinski definition) is 2. The monoisotopic (exact) mass is 458 g/mol. The van der Waals surface area contributed by atoms with Crippen LogP contribution in [0.1, 0.15) is 16.1 Å². The molecule has 0 radical (unpaired) electrons. The van der Waals surface area contributed by atoms with E-state index in [1.54, 1.807) is 60.7 Å². The van der Waals surface area contributed by atoms with Crippen LogP contribution in [0.5, 0.6) is 5.75 Å². The van der Waals surface area contributed by atoms with E-state index < -0.39 is 18.5 Å². The first-order valence-electron chi connectivity index (χ1n) is 9.86. The molecule has 2 heterocycles. The molecule has 0 saturated carbocycles. The third-order valence-corrected chi connectivity index (χ3v) is 4.66. The maximum Gasteiger partial charge on any atom is 0.434 e. The van der Waals surface area contributed by atoms with Crippen molar-refractivity contribution in [2.75, 3.05) is 23.9 Å². The molecule has 10 heteroatoms. The lowest BCUT2D eigenvalue weighted by atomic mass is 10.2. The van der Waals surface area contributed by atoms with Gasteiger partial charge in [0, 0.05) is 23.1 Å². The average molecular weight is 458 g/mol. The van der Waals surface area contributed by atoms with Crippen LogP contribution in [0.3, 0.4) is 0 Å². The van der Waals surface area contributed by atoms with E-state index in [1.807, 2.05) is 0 Å². The highest BCUT2D eigenvalue weighted by molar-refractivity contribution is 6.04. The van der Waals surface area contributed by atoms with Gasteiger partial charge in [0.05, 0.1) is 0 Å². The lowest BCUT2D eigenvalue weighted by Crippen LogP contribution is -2.11. The first kappa shape index (κ1) is 22.1. The number of benzene rings is 2. The minimum absolute atomic E-state index is 0.0508. The maximum atomic E-state index is 13.0. The van der Waals surface area contributed by atoms with Crippen LogP contribution in [-0.2, 0) is 6.18 Å². The van der Waals surface area contributed by atoms with Crippen LogP contribution in [-0.4, -0.2) is 28.6 Å². The third kappa shape index (κ3) is 5.22. The standard InChI is InChI=1S/C23H18F4N4O2/c24-12-13-33-18-10-4-15(5-11-18)22(32)29-17-8-6-16(7-9-17)28-20-2-1-3-21-30-19(14-31(20)21)23(25,26)27/h1-11,14,28H,12-13H2,(H,29,32). The molecule has 4 rings (SSSR count). The molecule has 0 unspecified atom stereocenters. The van der Waals surface area contributed by atoms with E-state index in [-0.39, 0.29) is 18.2 Å². The summed E-state index contributed by atoms with van der Waals surface area (Å²) in [6, 6.07) is 17.7. The third-order valence-electron chi connectivity index (χ3n) is 4.66. The Hall–Kier alpha value is -4.08. The summed E-state index contributed by atoms with van der Waals surface area (Å²) < 4.78 is 57.5. The summed E-state index contributed by atoms with van der Waals surface area (Å²) in [4.78, 5) is 16.0. The van der Waals surface area contributed by atoms with Crippen molar-refractivity contribution in [3.8, 4) is 5.75 Å². The molecule has 33 heavy (non-hydrogen) atoms. The summed E-state index contributed by atoms with van der Waals surface area (Å²) in [6.45, 7) is -0.649. The van der Waals surface area contributed by atoms with Gasteiger partial charge in [0.15, 0.2) is 5.69 Å². The minimum Gasteiger partial charge on any atom is -0.491 e. The Bertz CT molecular complexity index is 1250. The smallest absolute Gasteiger partial charge is 0.434 e. The second kappa shape index (κ2) is 9.19. The highest BCUT2D eigenvalue weighted by Gasteiger charge is 2.34. The minimum atomic E-state index is -4.54. The molecular weight excluding hydrogens is 440 g/mol. The van der Waals surface area contributed by atoms with E-state index >= 15 is 0 Å². The number of nitrogens with zero attached hydrogens (tertiary/aromatic N) is 2. The van der Waals surface area contributed by atoms with Gasteiger partial charge in [0.2, 0.25) is 0 Å². The number of imidazole rings is 1. The Morgan fingerprint density at radius 2 is 1.67 bits per heavy atom. The van der Waals surface area contributed by atoms with E-state index in [0.717, 1.165) is 6.20 Å². The normalized spacial score (nSPS) is 11.4. The zero-order chi connectivity index (χ0) is 23.4. The van der Waals surface area contributed by atoms with Crippen molar-refractivity contribution in [3.63, 3.8) is 0 Å². The molecule has 170 valence electrons. The molecule has 2 aromatic carbocycles. The number of hydrogen-bond acceptors (Lipinski definition) is 4. The van der Waals surface area contributed by atoms with Gasteiger partial charge in [-0.25, -0.2) is 9.37 Å². The molecule has 2 aromatic heterocycles. The van der Waals surface area contributed by atoms with Crippen LogP contribution in [0.15, 0.2) is 72.9 Å². The lowest BCUT2D eigenvalue weighted by molar-refractivity contribution is -0.140. The van der Waals surface area contributed by atoms with Gasteiger partial charge in [0.1, 0.15) is 30.5 Å². The van der Waals surface area contributed by atoms with Gasteiger partial charge in [-0.3, -0.25) is 9.20 Å². The molecule has 4 aromatic rings. The summed E-state index contributed by atoms with van der Waals surface area (Å²) in [5, 5.41) is 5.80. The number of carbonyl (C=O) groups excluding carboxylic acids is 1. The second-order valence-electron chi connectivity index (χ2n) is 6.98. The van der Waals surface area contributed by atoms with Gasteiger partial charge in [-0.2, -0.15) is 13.2 Å². The average Bonchev–Trinajstić information content (AvgIpc) is 3.25. The van der Waals surface area contributed by atoms with Gasteiger partial charge < -0.3 is 15.4 Å². The van der Waals surface area contributed by atoms with Crippen LogP contribution in [0.2, 0.25) is 0 Å². The number of ether oxygens (including phenoxy) is 1. The first-order valence-corrected chi connectivity index (χ1v) is 9.86. The Kier molecular flexibility index (Phi) is 6.16. The predicted molar refractivity (Wildman–Crippen MR) is 116 cm³/mol. The summed E-state index contributed by atoms with van der Waals surface area (Å²) >= 11 is 0. The van der Waals surface area contributed by atoms with Crippen molar-refractivity contribution in [2.24, 2.45) is 0 Å². The van der Waals surface area contributed by atoms with Crippen molar-refractivity contribution in [3.05, 3.63) is 84.2 Å². The van der Waals surface area contributed by atoms with Crippen LogP contribution in [0.4, 0.5) is 34.8 Å². The zero-order valence-corrected chi connectivity index (χ0v) is 17.1. The van der Waals surface area contributed by atoms with Crippen LogP contribution in [0, 0.1) is 0 Å². The van der Waals surface area contributed by atoms with Gasteiger partial charge in [-0.15, -0.1) is 0 Å². The quantitative estimate of drug-likeness (QED) is 0.349. The lowest BCUT2D eigenvalue weighted by Gasteiger charge is -2.11. The van der Waals surface area contributed by atoms with Crippen molar-refractivity contribution < 1.29 is 27.1 Å². The van der Waals surface area contributed by atoms with E-state index in [9.17, 15) is 22.4 Å². The topological polar surface area (TPSA) is 67.7 Å². The summed E-state index contributed by atoms with van der Waals surface area (Å²) in [5.41, 5.74) is 0.729. The number of alkyl halides is 4. The SMILES string of the molecule is O=C(Nc1ccc(Nc2cccc3nc(C(F)(F)F)cn23)cc1)c1ccc(OCCF)cc1. The fourth-order valence-electron chi connectivity index (χ4n) is 3.10. The Morgan fingerprint density at radius 3 is 2.33 bits per heavy atom. The highest BCUT2D eigenvalue weighted by Crippen LogP contribution is 2.30. The van der Waals surface area contributed by atoms with E-state index in [2.05, 4.69) is 15.6 Å². The molecule has 1 amide bonds. The number of carbonyl (C=O) groups is 1. The molecule has 0 spiro atoms.